The molecule has 0 heterocycles. The van der Waals surface area contributed by atoms with Crippen LogP contribution in [0, 0.1) is 11.3 Å². The fourth-order valence-corrected chi connectivity index (χ4v) is 2.62. The van der Waals surface area contributed by atoms with E-state index in [0.717, 1.165) is 19.3 Å². The minimum absolute atomic E-state index is 0.251. The monoisotopic (exact) mass is 228 g/mol. The molecular weight excluding hydrogens is 204 g/mol. The van der Waals surface area contributed by atoms with Crippen molar-refractivity contribution in [1.82, 2.24) is 0 Å². The van der Waals surface area contributed by atoms with Gasteiger partial charge in [-0.3, -0.25) is 4.79 Å². The SMILES string of the molecule is CCCC(C(=O)O)C1(O)CCC(C)(C)CC1. The van der Waals surface area contributed by atoms with E-state index < -0.39 is 17.5 Å². The summed E-state index contributed by atoms with van der Waals surface area (Å²) in [5, 5.41) is 19.7. The number of hydrogen-bond acceptors (Lipinski definition) is 2. The lowest BCUT2D eigenvalue weighted by Crippen LogP contribution is -2.46. The Hall–Kier alpha value is -0.570. The molecular formula is C13H24O3. The molecule has 0 aromatic rings. The molecule has 0 bridgehead atoms. The quantitative estimate of drug-likeness (QED) is 0.778. The first kappa shape index (κ1) is 13.5. The molecule has 1 fully saturated rings. The van der Waals surface area contributed by atoms with Gasteiger partial charge in [0.1, 0.15) is 0 Å². The fourth-order valence-electron chi connectivity index (χ4n) is 2.62. The van der Waals surface area contributed by atoms with Crippen LogP contribution >= 0.6 is 0 Å². The summed E-state index contributed by atoms with van der Waals surface area (Å²) in [5.74, 6) is -1.43. The van der Waals surface area contributed by atoms with Crippen LogP contribution in [0.25, 0.3) is 0 Å². The minimum Gasteiger partial charge on any atom is -0.481 e. The lowest BCUT2D eigenvalue weighted by Gasteiger charge is -2.43. The standard InChI is InChI=1S/C13H24O3/c1-4-5-10(11(14)15)13(16)8-6-12(2,3)7-9-13/h10,16H,4-9H2,1-3H3,(H,14,15). The lowest BCUT2D eigenvalue weighted by atomic mass is 9.66. The number of aliphatic hydroxyl groups is 1. The smallest absolute Gasteiger partial charge is 0.309 e. The first-order valence-corrected chi connectivity index (χ1v) is 6.26. The zero-order chi connectivity index (χ0) is 12.4. The molecule has 0 aliphatic heterocycles. The van der Waals surface area contributed by atoms with Crippen LogP contribution in [0.5, 0.6) is 0 Å². The first-order chi connectivity index (χ1) is 7.31. The molecule has 3 nitrogen and oxygen atoms in total. The highest BCUT2D eigenvalue weighted by Crippen LogP contribution is 2.44. The van der Waals surface area contributed by atoms with Crippen molar-refractivity contribution in [3.05, 3.63) is 0 Å². The molecule has 0 spiro atoms. The normalized spacial score (nSPS) is 25.0. The van der Waals surface area contributed by atoms with E-state index in [2.05, 4.69) is 13.8 Å². The third kappa shape index (κ3) is 2.97. The summed E-state index contributed by atoms with van der Waals surface area (Å²) in [6, 6.07) is 0. The Labute approximate surface area is 97.9 Å². The Morgan fingerprint density at radius 2 is 1.75 bits per heavy atom. The molecule has 1 atom stereocenters. The zero-order valence-electron chi connectivity index (χ0n) is 10.6. The molecule has 1 aliphatic rings. The molecule has 94 valence electrons. The van der Waals surface area contributed by atoms with Gasteiger partial charge in [-0.05, 0) is 37.5 Å². The maximum atomic E-state index is 11.2. The van der Waals surface area contributed by atoms with Crippen LogP contribution in [0.15, 0.2) is 0 Å². The largest absolute Gasteiger partial charge is 0.481 e. The van der Waals surface area contributed by atoms with Crippen LogP contribution in [-0.2, 0) is 4.79 Å². The molecule has 0 radical (unpaired) electrons. The van der Waals surface area contributed by atoms with Crippen molar-refractivity contribution in [2.45, 2.75) is 64.9 Å². The summed E-state index contributed by atoms with van der Waals surface area (Å²) in [6.45, 7) is 6.33. The molecule has 0 aromatic heterocycles. The molecule has 1 aliphatic carbocycles. The van der Waals surface area contributed by atoms with E-state index in [1.54, 1.807) is 0 Å². The Balaban J connectivity index is 2.73. The van der Waals surface area contributed by atoms with E-state index in [0.29, 0.717) is 19.3 Å². The third-order valence-electron chi connectivity index (χ3n) is 3.99. The highest BCUT2D eigenvalue weighted by molar-refractivity contribution is 5.71. The molecule has 1 unspecified atom stereocenters. The average molecular weight is 228 g/mol. The van der Waals surface area contributed by atoms with Gasteiger partial charge in [0.05, 0.1) is 11.5 Å². The summed E-state index contributed by atoms with van der Waals surface area (Å²) in [5.41, 5.74) is -0.723. The number of carboxylic acids is 1. The maximum absolute atomic E-state index is 11.2. The Morgan fingerprint density at radius 1 is 1.25 bits per heavy atom. The van der Waals surface area contributed by atoms with Crippen molar-refractivity contribution in [2.75, 3.05) is 0 Å². The van der Waals surface area contributed by atoms with E-state index in [1.807, 2.05) is 6.92 Å². The molecule has 3 heteroatoms. The maximum Gasteiger partial charge on any atom is 0.309 e. The van der Waals surface area contributed by atoms with Crippen LogP contribution in [0.1, 0.15) is 59.3 Å². The summed E-state index contributed by atoms with van der Waals surface area (Å²) in [6.07, 6.45) is 4.46. The van der Waals surface area contributed by atoms with Gasteiger partial charge in [-0.25, -0.2) is 0 Å². The molecule has 1 rings (SSSR count). The van der Waals surface area contributed by atoms with Gasteiger partial charge < -0.3 is 10.2 Å². The molecule has 1 saturated carbocycles. The van der Waals surface area contributed by atoms with E-state index in [9.17, 15) is 15.0 Å². The van der Waals surface area contributed by atoms with Crippen LogP contribution < -0.4 is 0 Å². The van der Waals surface area contributed by atoms with Crippen molar-refractivity contribution in [3.63, 3.8) is 0 Å². The predicted molar refractivity (Wildman–Crippen MR) is 63.2 cm³/mol. The van der Waals surface area contributed by atoms with Crippen LogP contribution in [0.4, 0.5) is 0 Å². The van der Waals surface area contributed by atoms with Gasteiger partial charge in [-0.15, -0.1) is 0 Å². The topological polar surface area (TPSA) is 57.5 Å². The number of aliphatic carboxylic acids is 1. The lowest BCUT2D eigenvalue weighted by molar-refractivity contribution is -0.157. The summed E-state index contributed by atoms with van der Waals surface area (Å²) in [4.78, 5) is 11.2. The average Bonchev–Trinajstić information content (AvgIpc) is 2.19. The number of carboxylic acid groups (broad SMARTS) is 1. The third-order valence-corrected chi connectivity index (χ3v) is 3.99. The fraction of sp³-hybridized carbons (Fsp3) is 0.923. The Kier molecular flexibility index (Phi) is 4.00. The van der Waals surface area contributed by atoms with Gasteiger partial charge >= 0.3 is 5.97 Å². The molecule has 16 heavy (non-hydrogen) atoms. The Morgan fingerprint density at radius 3 is 2.12 bits per heavy atom. The second-order valence-electron chi connectivity index (χ2n) is 5.95. The summed E-state index contributed by atoms with van der Waals surface area (Å²) < 4.78 is 0. The highest BCUT2D eigenvalue weighted by atomic mass is 16.4. The van der Waals surface area contributed by atoms with Crippen molar-refractivity contribution in [3.8, 4) is 0 Å². The minimum atomic E-state index is -0.975. The highest BCUT2D eigenvalue weighted by Gasteiger charge is 2.45. The first-order valence-electron chi connectivity index (χ1n) is 6.26. The predicted octanol–water partition coefficient (Wildman–Crippen LogP) is 2.82. The van der Waals surface area contributed by atoms with Crippen molar-refractivity contribution in [1.29, 1.82) is 0 Å². The van der Waals surface area contributed by atoms with Gasteiger partial charge in [-0.1, -0.05) is 27.2 Å². The van der Waals surface area contributed by atoms with Crippen LogP contribution in [-0.4, -0.2) is 21.8 Å². The number of hydrogen-bond donors (Lipinski definition) is 2. The van der Waals surface area contributed by atoms with Crippen molar-refractivity contribution >= 4 is 5.97 Å². The number of carbonyl (C=O) groups is 1. The van der Waals surface area contributed by atoms with Crippen LogP contribution in [0.3, 0.4) is 0 Å². The van der Waals surface area contributed by atoms with Crippen LogP contribution in [0.2, 0.25) is 0 Å². The van der Waals surface area contributed by atoms with Crippen molar-refractivity contribution < 1.29 is 15.0 Å². The molecule has 2 N–H and O–H groups in total. The summed E-state index contributed by atoms with van der Waals surface area (Å²) in [7, 11) is 0. The number of rotatable bonds is 4. The van der Waals surface area contributed by atoms with Crippen molar-refractivity contribution in [2.24, 2.45) is 11.3 Å². The Bertz CT molecular complexity index is 248. The summed E-state index contributed by atoms with van der Waals surface area (Å²) >= 11 is 0. The van der Waals surface area contributed by atoms with E-state index >= 15 is 0 Å². The van der Waals surface area contributed by atoms with Gasteiger partial charge in [0, 0.05) is 0 Å². The van der Waals surface area contributed by atoms with E-state index in [4.69, 9.17) is 0 Å². The molecule has 0 aromatic carbocycles. The molecule has 0 amide bonds. The van der Waals surface area contributed by atoms with Gasteiger partial charge in [0.2, 0.25) is 0 Å². The van der Waals surface area contributed by atoms with Gasteiger partial charge in [0.25, 0.3) is 0 Å². The van der Waals surface area contributed by atoms with Gasteiger partial charge in [-0.2, -0.15) is 0 Å². The second kappa shape index (κ2) is 4.74. The van der Waals surface area contributed by atoms with E-state index in [-0.39, 0.29) is 5.41 Å². The molecule has 0 saturated heterocycles. The van der Waals surface area contributed by atoms with E-state index in [1.165, 1.54) is 0 Å². The second-order valence-corrected chi connectivity index (χ2v) is 5.95. The van der Waals surface area contributed by atoms with Gasteiger partial charge in [0.15, 0.2) is 0 Å². The zero-order valence-corrected chi connectivity index (χ0v) is 10.6.